The van der Waals surface area contributed by atoms with Gasteiger partial charge in [0.15, 0.2) is 0 Å². The van der Waals surface area contributed by atoms with Crippen LogP contribution in [0.2, 0.25) is 0 Å². The van der Waals surface area contributed by atoms with Gasteiger partial charge in [-0.2, -0.15) is 0 Å². The monoisotopic (exact) mass is 399 g/mol. The summed E-state index contributed by atoms with van der Waals surface area (Å²) in [6.07, 6.45) is 8.57. The zero-order valence-corrected chi connectivity index (χ0v) is 17.1. The third-order valence-electron chi connectivity index (χ3n) is 5.94. The molecule has 2 atom stereocenters. The van der Waals surface area contributed by atoms with Gasteiger partial charge < -0.3 is 4.57 Å². The van der Waals surface area contributed by atoms with Crippen LogP contribution >= 0.6 is 0 Å². The first-order valence-electron chi connectivity index (χ1n) is 8.43. The maximum Gasteiger partial charge on any atom is 0.0466 e. The summed E-state index contributed by atoms with van der Waals surface area (Å²) in [6.45, 7) is 9.42. The van der Waals surface area contributed by atoms with Crippen LogP contribution in [0.1, 0.15) is 46.9 Å². The van der Waals surface area contributed by atoms with Crippen molar-refractivity contribution >= 4 is 10.9 Å². The summed E-state index contributed by atoms with van der Waals surface area (Å²) in [7, 11) is 0. The molecule has 0 N–H and O–H groups in total. The maximum atomic E-state index is 2.67. The molecule has 0 spiro atoms. The Morgan fingerprint density at radius 1 is 1.21 bits per heavy atom. The van der Waals surface area contributed by atoms with Crippen LogP contribution in [-0.4, -0.2) is 22.6 Å². The molecule has 24 heavy (non-hydrogen) atoms. The quantitative estimate of drug-likeness (QED) is 0.450. The van der Waals surface area contributed by atoms with Crippen molar-refractivity contribution in [2.45, 2.75) is 46.2 Å². The van der Waals surface area contributed by atoms with Gasteiger partial charge in [-0.3, -0.25) is 11.3 Å². The van der Waals surface area contributed by atoms with E-state index in [1.165, 1.54) is 23.9 Å². The molecule has 0 bridgehead atoms. The van der Waals surface area contributed by atoms with Crippen molar-refractivity contribution in [1.82, 2.24) is 9.47 Å². The van der Waals surface area contributed by atoms with Crippen LogP contribution in [0.15, 0.2) is 36.4 Å². The number of benzene rings is 1. The fourth-order valence-electron chi connectivity index (χ4n) is 5.43. The molecule has 4 heterocycles. The average Bonchev–Trinajstić information content (AvgIpc) is 2.81. The minimum Gasteiger partial charge on any atom is -0.368 e. The summed E-state index contributed by atoms with van der Waals surface area (Å²) >= 11 is 0. The van der Waals surface area contributed by atoms with Crippen LogP contribution < -0.4 is 0 Å². The number of para-hydroxylation sites is 1. The molecule has 2 nitrogen and oxygen atoms in total. The Hall–Kier alpha value is -0.436. The fourth-order valence-corrected chi connectivity index (χ4v) is 5.43. The van der Waals surface area contributed by atoms with E-state index in [2.05, 4.69) is 73.1 Å². The van der Waals surface area contributed by atoms with E-state index < -0.39 is 0 Å². The van der Waals surface area contributed by atoms with E-state index in [1.807, 2.05) is 0 Å². The SMILES string of the molecule is C.CC1(C)[CH-][C@]2(C)C=CCN3CCc4c(n1c1ccccc41)[C@@H]32.[2HH].[Y]. The van der Waals surface area contributed by atoms with Gasteiger partial charge in [-0.1, -0.05) is 58.0 Å². The Morgan fingerprint density at radius 2 is 1.96 bits per heavy atom. The van der Waals surface area contributed by atoms with E-state index in [-0.39, 0.29) is 52.5 Å². The molecular weight excluding hydrogens is 369 g/mol. The maximum absolute atomic E-state index is 2.67. The number of hydrogen-bond donors (Lipinski definition) is 0. The second-order valence-corrected chi connectivity index (χ2v) is 7.93. The van der Waals surface area contributed by atoms with Crippen LogP contribution in [0, 0.1) is 11.8 Å². The number of hydrogen-bond acceptors (Lipinski definition) is 1. The largest absolute Gasteiger partial charge is 0.368 e. The van der Waals surface area contributed by atoms with Crippen LogP contribution in [0.5, 0.6) is 0 Å². The third-order valence-corrected chi connectivity index (χ3v) is 5.94. The Balaban J connectivity index is 0.000000751. The predicted octanol–water partition coefficient (Wildman–Crippen LogP) is 4.95. The molecule has 0 fully saturated rings. The fraction of sp³-hybridized carbons (Fsp3) is 0.476. The first-order chi connectivity index (χ1) is 10.5. The molecule has 3 heteroatoms. The molecule has 3 aliphatic rings. The minimum absolute atomic E-state index is 0. The van der Waals surface area contributed by atoms with Gasteiger partial charge in [-0.05, 0) is 18.1 Å². The van der Waals surface area contributed by atoms with E-state index in [1.54, 1.807) is 11.3 Å². The summed E-state index contributed by atoms with van der Waals surface area (Å²) in [5.41, 5.74) is 4.77. The summed E-state index contributed by atoms with van der Waals surface area (Å²) in [6, 6.07) is 9.49. The topological polar surface area (TPSA) is 8.17 Å². The van der Waals surface area contributed by atoms with Gasteiger partial charge >= 0.3 is 0 Å². The molecule has 0 amide bonds. The van der Waals surface area contributed by atoms with E-state index >= 15 is 0 Å². The molecule has 1 aromatic heterocycles. The summed E-state index contributed by atoms with van der Waals surface area (Å²) < 4.78 is 2.62. The van der Waals surface area contributed by atoms with Crippen molar-refractivity contribution < 1.29 is 34.1 Å². The zero-order valence-electron chi connectivity index (χ0n) is 14.2. The van der Waals surface area contributed by atoms with Gasteiger partial charge in [-0.15, -0.1) is 11.5 Å². The van der Waals surface area contributed by atoms with Crippen molar-refractivity contribution in [3.8, 4) is 0 Å². The molecule has 0 saturated carbocycles. The van der Waals surface area contributed by atoms with Crippen molar-refractivity contribution in [2.24, 2.45) is 5.41 Å². The molecule has 0 aliphatic carbocycles. The molecule has 0 saturated heterocycles. The van der Waals surface area contributed by atoms with E-state index in [0.717, 1.165) is 6.54 Å². The van der Waals surface area contributed by atoms with Gasteiger partial charge in [0.2, 0.25) is 0 Å². The first-order valence-corrected chi connectivity index (χ1v) is 8.43. The van der Waals surface area contributed by atoms with Crippen molar-refractivity contribution in [1.29, 1.82) is 0 Å². The average molecular weight is 399 g/mol. The molecular formula is C21H29N2Y-. The minimum atomic E-state index is 0. The van der Waals surface area contributed by atoms with E-state index in [9.17, 15) is 0 Å². The van der Waals surface area contributed by atoms with Gasteiger partial charge in [0.1, 0.15) is 0 Å². The Labute approximate surface area is 172 Å². The molecule has 2 aromatic rings. The Bertz CT molecular complexity index is 823. The van der Waals surface area contributed by atoms with Crippen LogP contribution in [0.25, 0.3) is 10.9 Å². The molecule has 0 unspecified atom stereocenters. The van der Waals surface area contributed by atoms with Gasteiger partial charge in [0.25, 0.3) is 0 Å². The number of fused-ring (bicyclic) bond motifs is 3. The van der Waals surface area contributed by atoms with Crippen LogP contribution in [0.3, 0.4) is 0 Å². The van der Waals surface area contributed by atoms with Crippen molar-refractivity contribution in [2.75, 3.05) is 13.1 Å². The Kier molecular flexibility index (Phi) is 4.43. The molecule has 1 radical (unpaired) electrons. The van der Waals surface area contributed by atoms with E-state index in [4.69, 9.17) is 0 Å². The van der Waals surface area contributed by atoms with Gasteiger partial charge in [-0.25, -0.2) is 0 Å². The standard InChI is InChI=1S/C20H23N2.CH4.Y.H2/c1-19(2)13-20(3)10-6-11-21-12-9-15-14-7-4-5-8-16(14)22(19)17(15)18(20)21;;;/h4-8,10,13,18H,9,11-12H2,1-3H3;1H4;;1H/q-1;;;/t18-,20+;;;/m1.../s1/i;;;1+1. The Morgan fingerprint density at radius 3 is 2.75 bits per heavy atom. The van der Waals surface area contributed by atoms with Crippen LogP contribution in [0.4, 0.5) is 0 Å². The first kappa shape index (κ1) is 18.4. The third kappa shape index (κ3) is 2.19. The predicted molar refractivity (Wildman–Crippen MR) is 99.7 cm³/mol. The van der Waals surface area contributed by atoms with E-state index in [0.29, 0.717) is 6.04 Å². The number of nitrogens with zero attached hydrogens (tertiary/aromatic N) is 2. The zero-order chi connectivity index (χ0) is 15.1. The second kappa shape index (κ2) is 5.79. The normalized spacial score (nSPS) is 29.5. The summed E-state index contributed by atoms with van der Waals surface area (Å²) in [5, 5.41) is 1.47. The second-order valence-electron chi connectivity index (χ2n) is 7.93. The van der Waals surface area contributed by atoms with Crippen LogP contribution in [-0.2, 0) is 44.7 Å². The smallest absolute Gasteiger partial charge is 0.0466 e. The van der Waals surface area contributed by atoms with Gasteiger partial charge in [0.05, 0.1) is 0 Å². The molecule has 1 aromatic carbocycles. The molecule has 127 valence electrons. The molecule has 3 aliphatic heterocycles. The van der Waals surface area contributed by atoms with Crippen molar-refractivity contribution in [3.63, 3.8) is 0 Å². The van der Waals surface area contributed by atoms with Crippen molar-refractivity contribution in [3.05, 3.63) is 54.1 Å². The number of aromatic nitrogens is 1. The summed E-state index contributed by atoms with van der Waals surface area (Å²) in [5.74, 6) is 0. The van der Waals surface area contributed by atoms with Gasteiger partial charge in [0, 0.05) is 69.9 Å². The summed E-state index contributed by atoms with van der Waals surface area (Å²) in [4.78, 5) is 2.67. The molecule has 5 rings (SSSR count). The number of rotatable bonds is 0.